The van der Waals surface area contributed by atoms with Crippen molar-refractivity contribution in [1.82, 2.24) is 0 Å². The zero-order valence-corrected chi connectivity index (χ0v) is 6.94. The maximum atomic E-state index is 12.8. The van der Waals surface area contributed by atoms with Crippen LogP contribution in [0.5, 0.6) is 0 Å². The molecule has 1 aliphatic carbocycles. The summed E-state index contributed by atoms with van der Waals surface area (Å²) in [6.07, 6.45) is 3.37. The second-order valence-electron chi connectivity index (χ2n) is 3.56. The van der Waals surface area contributed by atoms with Gasteiger partial charge in [-0.1, -0.05) is 20.3 Å². The van der Waals surface area contributed by atoms with E-state index in [9.17, 15) is 4.39 Å². The molecule has 0 N–H and O–H groups in total. The van der Waals surface area contributed by atoms with Gasteiger partial charge < -0.3 is 0 Å². The first-order valence-corrected chi connectivity index (χ1v) is 4.38. The quantitative estimate of drug-likeness (QED) is 0.530. The fourth-order valence-corrected chi connectivity index (χ4v) is 1.93. The molecule has 0 aromatic rings. The molecule has 0 spiro atoms. The van der Waals surface area contributed by atoms with Crippen LogP contribution in [0, 0.1) is 11.8 Å². The number of hydrogen-bond donors (Lipinski definition) is 0. The Labute approximate surface area is 62.8 Å². The molecule has 0 aliphatic heterocycles. The van der Waals surface area contributed by atoms with Gasteiger partial charge in [-0.25, -0.2) is 4.39 Å². The summed E-state index contributed by atoms with van der Waals surface area (Å²) in [6, 6.07) is 0. The summed E-state index contributed by atoms with van der Waals surface area (Å²) in [5.74, 6) is 1.42. The third kappa shape index (κ3) is 1.71. The highest BCUT2D eigenvalue weighted by atomic mass is 19.1. The summed E-state index contributed by atoms with van der Waals surface area (Å²) in [7, 11) is 0. The number of hydrogen-bond acceptors (Lipinski definition) is 0. The number of rotatable bonds is 1. The third-order valence-electron chi connectivity index (χ3n) is 2.82. The maximum absolute atomic E-state index is 12.8. The van der Waals surface area contributed by atoms with E-state index in [4.69, 9.17) is 0 Å². The van der Waals surface area contributed by atoms with Gasteiger partial charge in [-0.05, 0) is 31.1 Å². The minimum absolute atomic E-state index is 0.499. The largest absolute Gasteiger partial charge is 0.247 e. The fourth-order valence-electron chi connectivity index (χ4n) is 1.93. The SMILES string of the molecule is CCC1CC(F)CCC1C. The molecule has 0 radical (unpaired) electrons. The molecule has 1 fully saturated rings. The van der Waals surface area contributed by atoms with Crippen molar-refractivity contribution in [2.24, 2.45) is 11.8 Å². The molecule has 1 aliphatic rings. The molecular formula is C9H17F. The average molecular weight is 144 g/mol. The van der Waals surface area contributed by atoms with Gasteiger partial charge >= 0.3 is 0 Å². The summed E-state index contributed by atoms with van der Waals surface area (Å²) in [4.78, 5) is 0. The van der Waals surface area contributed by atoms with Crippen molar-refractivity contribution in [2.75, 3.05) is 0 Å². The van der Waals surface area contributed by atoms with Crippen molar-refractivity contribution >= 4 is 0 Å². The minimum atomic E-state index is -0.499. The molecule has 0 bridgehead atoms. The minimum Gasteiger partial charge on any atom is -0.247 e. The normalized spacial score (nSPS) is 41.7. The van der Waals surface area contributed by atoms with Crippen LogP contribution in [0.25, 0.3) is 0 Å². The Kier molecular flexibility index (Phi) is 2.70. The van der Waals surface area contributed by atoms with E-state index in [1.165, 1.54) is 0 Å². The average Bonchev–Trinajstić information content (AvgIpc) is 1.94. The third-order valence-corrected chi connectivity index (χ3v) is 2.82. The summed E-state index contributed by atoms with van der Waals surface area (Å²) >= 11 is 0. The van der Waals surface area contributed by atoms with Gasteiger partial charge in [-0.3, -0.25) is 0 Å². The Balaban J connectivity index is 2.38. The Bertz CT molecular complexity index is 101. The van der Waals surface area contributed by atoms with E-state index in [-0.39, 0.29) is 0 Å². The van der Waals surface area contributed by atoms with E-state index >= 15 is 0 Å². The highest BCUT2D eigenvalue weighted by Gasteiger charge is 2.25. The molecule has 3 unspecified atom stereocenters. The Hall–Kier alpha value is -0.0700. The molecule has 0 aromatic heterocycles. The standard InChI is InChI=1S/C9H17F/c1-3-8-6-9(10)5-4-7(8)2/h7-9H,3-6H2,1-2H3. The van der Waals surface area contributed by atoms with Crippen LogP contribution in [-0.4, -0.2) is 6.17 Å². The van der Waals surface area contributed by atoms with Gasteiger partial charge in [0.2, 0.25) is 0 Å². The van der Waals surface area contributed by atoms with E-state index in [1.807, 2.05) is 0 Å². The van der Waals surface area contributed by atoms with Crippen molar-refractivity contribution in [3.63, 3.8) is 0 Å². The molecule has 1 rings (SSSR count). The van der Waals surface area contributed by atoms with E-state index in [0.717, 1.165) is 31.6 Å². The first-order valence-electron chi connectivity index (χ1n) is 4.38. The highest BCUT2D eigenvalue weighted by molar-refractivity contribution is 4.76. The van der Waals surface area contributed by atoms with Crippen molar-refractivity contribution < 1.29 is 4.39 Å². The van der Waals surface area contributed by atoms with E-state index in [0.29, 0.717) is 5.92 Å². The summed E-state index contributed by atoms with van der Waals surface area (Å²) in [5.41, 5.74) is 0. The van der Waals surface area contributed by atoms with Gasteiger partial charge in [-0.2, -0.15) is 0 Å². The second-order valence-corrected chi connectivity index (χ2v) is 3.56. The fraction of sp³-hybridized carbons (Fsp3) is 1.00. The predicted octanol–water partition coefficient (Wildman–Crippen LogP) is 3.17. The highest BCUT2D eigenvalue weighted by Crippen LogP contribution is 2.33. The Morgan fingerprint density at radius 1 is 1.40 bits per heavy atom. The van der Waals surface area contributed by atoms with E-state index in [1.54, 1.807) is 0 Å². The van der Waals surface area contributed by atoms with Crippen LogP contribution < -0.4 is 0 Å². The maximum Gasteiger partial charge on any atom is 0.100 e. The van der Waals surface area contributed by atoms with Gasteiger partial charge in [0.15, 0.2) is 0 Å². The van der Waals surface area contributed by atoms with Crippen molar-refractivity contribution in [3.8, 4) is 0 Å². The molecule has 0 heterocycles. The van der Waals surface area contributed by atoms with Crippen LogP contribution in [0.2, 0.25) is 0 Å². The van der Waals surface area contributed by atoms with Crippen LogP contribution >= 0.6 is 0 Å². The van der Waals surface area contributed by atoms with Crippen LogP contribution in [0.3, 0.4) is 0 Å². The van der Waals surface area contributed by atoms with Crippen LogP contribution in [0.4, 0.5) is 4.39 Å². The molecule has 0 aromatic carbocycles. The molecule has 1 heteroatoms. The van der Waals surface area contributed by atoms with Crippen LogP contribution in [0.15, 0.2) is 0 Å². The number of alkyl halides is 1. The van der Waals surface area contributed by atoms with Gasteiger partial charge in [-0.15, -0.1) is 0 Å². The molecule has 3 atom stereocenters. The topological polar surface area (TPSA) is 0 Å². The zero-order chi connectivity index (χ0) is 7.56. The first kappa shape index (κ1) is 8.03. The van der Waals surface area contributed by atoms with Crippen molar-refractivity contribution in [3.05, 3.63) is 0 Å². The van der Waals surface area contributed by atoms with E-state index < -0.39 is 6.17 Å². The smallest absolute Gasteiger partial charge is 0.100 e. The van der Waals surface area contributed by atoms with Crippen molar-refractivity contribution in [1.29, 1.82) is 0 Å². The van der Waals surface area contributed by atoms with Gasteiger partial charge in [0, 0.05) is 0 Å². The summed E-state index contributed by atoms with van der Waals surface area (Å²) in [6.45, 7) is 4.42. The zero-order valence-electron chi connectivity index (χ0n) is 6.94. The monoisotopic (exact) mass is 144 g/mol. The molecule has 0 nitrogen and oxygen atoms in total. The molecule has 0 saturated heterocycles. The van der Waals surface area contributed by atoms with Crippen LogP contribution in [-0.2, 0) is 0 Å². The molecule has 1 saturated carbocycles. The summed E-state index contributed by atoms with van der Waals surface area (Å²) < 4.78 is 12.8. The number of halogens is 1. The lowest BCUT2D eigenvalue weighted by atomic mass is 9.78. The Morgan fingerprint density at radius 2 is 2.10 bits per heavy atom. The lowest BCUT2D eigenvalue weighted by molar-refractivity contribution is 0.146. The van der Waals surface area contributed by atoms with Crippen LogP contribution in [0.1, 0.15) is 39.5 Å². The van der Waals surface area contributed by atoms with Crippen molar-refractivity contribution in [2.45, 2.75) is 45.7 Å². The predicted molar refractivity (Wildman–Crippen MR) is 41.7 cm³/mol. The summed E-state index contributed by atoms with van der Waals surface area (Å²) in [5, 5.41) is 0. The molecule has 10 heavy (non-hydrogen) atoms. The Morgan fingerprint density at radius 3 is 2.60 bits per heavy atom. The van der Waals surface area contributed by atoms with Gasteiger partial charge in [0.05, 0.1) is 0 Å². The first-order chi connectivity index (χ1) is 4.74. The molecule has 0 amide bonds. The lowest BCUT2D eigenvalue weighted by Gasteiger charge is -2.29. The molecular weight excluding hydrogens is 127 g/mol. The molecule has 60 valence electrons. The second kappa shape index (κ2) is 3.36. The van der Waals surface area contributed by atoms with Gasteiger partial charge in [0.1, 0.15) is 6.17 Å². The van der Waals surface area contributed by atoms with Gasteiger partial charge in [0.25, 0.3) is 0 Å². The van der Waals surface area contributed by atoms with E-state index in [2.05, 4.69) is 13.8 Å². The lowest BCUT2D eigenvalue weighted by Crippen LogP contribution is -2.23.